The van der Waals surface area contributed by atoms with Gasteiger partial charge in [0.2, 0.25) is 0 Å². The number of rotatable bonds is 3. The highest BCUT2D eigenvalue weighted by Crippen LogP contribution is 2.28. The molecule has 2 heterocycles. The van der Waals surface area contributed by atoms with Gasteiger partial charge in [0.15, 0.2) is 10.7 Å². The van der Waals surface area contributed by atoms with Gasteiger partial charge in [-0.1, -0.05) is 29.8 Å². The summed E-state index contributed by atoms with van der Waals surface area (Å²) in [5.41, 5.74) is 4.19. The van der Waals surface area contributed by atoms with E-state index in [-0.39, 0.29) is 5.91 Å². The summed E-state index contributed by atoms with van der Waals surface area (Å²) in [6, 6.07) is 16.9. The van der Waals surface area contributed by atoms with Gasteiger partial charge in [0, 0.05) is 22.8 Å². The van der Waals surface area contributed by atoms with Crippen molar-refractivity contribution in [3.8, 4) is 17.3 Å². The fourth-order valence-electron chi connectivity index (χ4n) is 2.78. The third kappa shape index (κ3) is 2.85. The molecule has 0 spiro atoms. The van der Waals surface area contributed by atoms with Gasteiger partial charge in [-0.05, 0) is 31.2 Å². The molecule has 4 aromatic rings. The fraction of sp³-hybridized carbons (Fsp3) is 0.0500. The average molecular weight is 358 g/mol. The molecule has 0 aliphatic rings. The van der Waals surface area contributed by atoms with E-state index < -0.39 is 0 Å². The molecule has 0 unspecified atom stereocenters. The molecule has 0 saturated carbocycles. The molecular formula is C20H14N4OS. The maximum Gasteiger partial charge on any atom is 0.276 e. The lowest BCUT2D eigenvalue weighted by Gasteiger charge is -2.07. The lowest BCUT2D eigenvalue weighted by molar-refractivity contribution is 0.102. The van der Waals surface area contributed by atoms with Crippen LogP contribution in [-0.2, 0) is 0 Å². The Balaban J connectivity index is 1.80. The zero-order valence-corrected chi connectivity index (χ0v) is 14.7. The Labute approximate surface area is 154 Å². The number of carbonyl (C=O) groups is 1. The summed E-state index contributed by atoms with van der Waals surface area (Å²) in [5, 5.41) is 14.0. The van der Waals surface area contributed by atoms with Crippen molar-refractivity contribution in [3.05, 3.63) is 76.9 Å². The molecular weight excluding hydrogens is 344 g/mol. The first-order chi connectivity index (χ1) is 12.7. The number of nitrogens with one attached hydrogen (secondary N) is 1. The number of amides is 1. The highest BCUT2D eigenvalue weighted by atomic mass is 32.1. The number of nitriles is 1. The van der Waals surface area contributed by atoms with Crippen molar-refractivity contribution in [3.63, 3.8) is 0 Å². The van der Waals surface area contributed by atoms with Gasteiger partial charge < -0.3 is 5.32 Å². The number of aryl methyl sites for hydroxylation is 1. The van der Waals surface area contributed by atoms with E-state index in [1.165, 1.54) is 11.3 Å². The van der Waals surface area contributed by atoms with E-state index in [4.69, 9.17) is 0 Å². The van der Waals surface area contributed by atoms with Crippen molar-refractivity contribution in [1.29, 1.82) is 5.26 Å². The molecule has 0 aliphatic heterocycles. The second-order valence-corrected chi connectivity index (χ2v) is 6.75. The Morgan fingerprint density at radius 3 is 2.81 bits per heavy atom. The smallest absolute Gasteiger partial charge is 0.276 e. The maximum atomic E-state index is 12.9. The number of hydrogen-bond donors (Lipinski definition) is 1. The third-order valence-corrected chi connectivity index (χ3v) is 4.81. The van der Waals surface area contributed by atoms with E-state index in [1.54, 1.807) is 18.2 Å². The van der Waals surface area contributed by atoms with Crippen LogP contribution in [-0.4, -0.2) is 15.3 Å². The van der Waals surface area contributed by atoms with E-state index in [9.17, 15) is 10.1 Å². The lowest BCUT2D eigenvalue weighted by Crippen LogP contribution is -2.13. The molecule has 26 heavy (non-hydrogen) atoms. The van der Waals surface area contributed by atoms with Crippen LogP contribution in [0.3, 0.4) is 0 Å². The molecule has 6 heteroatoms. The van der Waals surface area contributed by atoms with Crippen LogP contribution in [0.1, 0.15) is 21.6 Å². The van der Waals surface area contributed by atoms with Gasteiger partial charge in [-0.3, -0.25) is 9.20 Å². The molecule has 0 aliphatic carbocycles. The lowest BCUT2D eigenvalue weighted by atomic mass is 10.1. The monoisotopic (exact) mass is 358 g/mol. The van der Waals surface area contributed by atoms with Crippen LogP contribution in [0.5, 0.6) is 0 Å². The summed E-state index contributed by atoms with van der Waals surface area (Å²) in [6.45, 7) is 2.00. The molecule has 2 aromatic heterocycles. The first kappa shape index (κ1) is 16.1. The molecule has 0 atom stereocenters. The number of hydrogen-bond acceptors (Lipinski definition) is 4. The molecule has 5 nitrogen and oxygen atoms in total. The van der Waals surface area contributed by atoms with E-state index in [0.29, 0.717) is 22.6 Å². The van der Waals surface area contributed by atoms with Crippen LogP contribution in [0, 0.1) is 18.3 Å². The van der Waals surface area contributed by atoms with Crippen LogP contribution < -0.4 is 5.32 Å². The molecule has 126 valence electrons. The van der Waals surface area contributed by atoms with E-state index in [2.05, 4.69) is 16.4 Å². The van der Waals surface area contributed by atoms with Crippen molar-refractivity contribution in [2.24, 2.45) is 0 Å². The fourth-order valence-corrected chi connectivity index (χ4v) is 3.50. The Morgan fingerprint density at radius 2 is 2.04 bits per heavy atom. The van der Waals surface area contributed by atoms with Crippen molar-refractivity contribution >= 4 is 27.9 Å². The molecule has 0 saturated heterocycles. The van der Waals surface area contributed by atoms with Crippen molar-refractivity contribution < 1.29 is 4.79 Å². The van der Waals surface area contributed by atoms with Crippen molar-refractivity contribution in [1.82, 2.24) is 9.38 Å². The normalized spacial score (nSPS) is 10.6. The zero-order valence-electron chi connectivity index (χ0n) is 13.9. The molecule has 2 aromatic carbocycles. The zero-order chi connectivity index (χ0) is 18.1. The number of benzene rings is 2. The SMILES string of the molecule is Cc1ccc(NC(=O)c2nc3sccn3c2-c2cccc(C#N)c2)cc1. The Bertz CT molecular complexity index is 1150. The quantitative estimate of drug-likeness (QED) is 0.586. The van der Waals surface area contributed by atoms with Gasteiger partial charge in [-0.2, -0.15) is 5.26 Å². The summed E-state index contributed by atoms with van der Waals surface area (Å²) in [6.07, 6.45) is 1.88. The van der Waals surface area contributed by atoms with Crippen LogP contribution in [0.25, 0.3) is 16.2 Å². The summed E-state index contributed by atoms with van der Waals surface area (Å²) in [4.78, 5) is 18.1. The largest absolute Gasteiger partial charge is 0.321 e. The van der Waals surface area contributed by atoms with E-state index in [1.807, 2.05) is 53.2 Å². The first-order valence-corrected chi connectivity index (χ1v) is 8.88. The van der Waals surface area contributed by atoms with Gasteiger partial charge in [-0.15, -0.1) is 11.3 Å². The number of thiazole rings is 1. The number of nitrogens with zero attached hydrogens (tertiary/aromatic N) is 3. The summed E-state index contributed by atoms with van der Waals surface area (Å²) in [5.74, 6) is -0.276. The standard InChI is InChI=1S/C20H14N4OS/c1-13-5-7-16(8-6-13)22-19(25)17-18(24-9-10-26-20(24)23-17)15-4-2-3-14(11-15)12-21/h2-11H,1H3,(H,22,25). The van der Waals surface area contributed by atoms with Gasteiger partial charge in [0.1, 0.15) is 0 Å². The summed E-state index contributed by atoms with van der Waals surface area (Å²) < 4.78 is 1.88. The molecule has 0 radical (unpaired) electrons. The maximum absolute atomic E-state index is 12.9. The van der Waals surface area contributed by atoms with Gasteiger partial charge in [-0.25, -0.2) is 4.98 Å². The number of aromatic nitrogens is 2. The van der Waals surface area contributed by atoms with Crippen LogP contribution in [0.4, 0.5) is 5.69 Å². The second-order valence-electron chi connectivity index (χ2n) is 5.88. The highest BCUT2D eigenvalue weighted by molar-refractivity contribution is 7.15. The van der Waals surface area contributed by atoms with Crippen LogP contribution in [0.2, 0.25) is 0 Å². The number of anilines is 1. The molecule has 0 bridgehead atoms. The van der Waals surface area contributed by atoms with Crippen molar-refractivity contribution in [2.75, 3.05) is 5.32 Å². The van der Waals surface area contributed by atoms with Crippen LogP contribution >= 0.6 is 11.3 Å². The first-order valence-electron chi connectivity index (χ1n) is 8.00. The van der Waals surface area contributed by atoms with Crippen LogP contribution in [0.15, 0.2) is 60.1 Å². The predicted molar refractivity (Wildman–Crippen MR) is 102 cm³/mol. The molecule has 1 N–H and O–H groups in total. The Kier molecular flexibility index (Phi) is 3.99. The molecule has 0 fully saturated rings. The Hall–Kier alpha value is -3.43. The topological polar surface area (TPSA) is 70.2 Å². The number of imidazole rings is 1. The Morgan fingerprint density at radius 1 is 1.23 bits per heavy atom. The van der Waals surface area contributed by atoms with Crippen molar-refractivity contribution in [2.45, 2.75) is 6.92 Å². The summed E-state index contributed by atoms with van der Waals surface area (Å²) in [7, 11) is 0. The van der Waals surface area contributed by atoms with Gasteiger partial charge in [0.05, 0.1) is 17.3 Å². The van der Waals surface area contributed by atoms with Gasteiger partial charge in [0.25, 0.3) is 5.91 Å². The summed E-state index contributed by atoms with van der Waals surface area (Å²) >= 11 is 1.46. The minimum Gasteiger partial charge on any atom is -0.321 e. The second kappa shape index (κ2) is 6.47. The van der Waals surface area contributed by atoms with E-state index >= 15 is 0 Å². The minimum absolute atomic E-state index is 0.276. The molecule has 4 rings (SSSR count). The van der Waals surface area contributed by atoms with Gasteiger partial charge >= 0.3 is 0 Å². The number of fused-ring (bicyclic) bond motifs is 1. The predicted octanol–water partition coefficient (Wildman–Crippen LogP) is 4.50. The minimum atomic E-state index is -0.276. The highest BCUT2D eigenvalue weighted by Gasteiger charge is 2.21. The van der Waals surface area contributed by atoms with E-state index in [0.717, 1.165) is 16.1 Å². The average Bonchev–Trinajstić information content (AvgIpc) is 3.24. The molecule has 1 amide bonds. The number of carbonyl (C=O) groups excluding carboxylic acids is 1. The third-order valence-electron chi connectivity index (χ3n) is 4.05.